The highest BCUT2D eigenvalue weighted by molar-refractivity contribution is 6.05. The van der Waals surface area contributed by atoms with Gasteiger partial charge in [0.2, 0.25) is 5.91 Å². The van der Waals surface area contributed by atoms with Gasteiger partial charge in [0, 0.05) is 17.5 Å². The maximum atomic E-state index is 12.1. The molecule has 1 aromatic heterocycles. The molecule has 1 aromatic carbocycles. The van der Waals surface area contributed by atoms with Gasteiger partial charge in [-0.3, -0.25) is 14.5 Å². The van der Waals surface area contributed by atoms with E-state index in [0.29, 0.717) is 18.7 Å². The molecule has 0 spiro atoms. The predicted molar refractivity (Wildman–Crippen MR) is 91.7 cm³/mol. The fourth-order valence-electron chi connectivity index (χ4n) is 2.98. The van der Waals surface area contributed by atoms with Crippen molar-refractivity contribution in [3.05, 3.63) is 35.6 Å². The highest BCUT2D eigenvalue weighted by Gasteiger charge is 2.38. The van der Waals surface area contributed by atoms with Gasteiger partial charge in [-0.1, -0.05) is 25.1 Å². The summed E-state index contributed by atoms with van der Waals surface area (Å²) in [5.74, 6) is 0.0303. The van der Waals surface area contributed by atoms with Crippen LogP contribution in [0.15, 0.2) is 28.7 Å². The third kappa shape index (κ3) is 3.35. The fraction of sp³-hybridized carbons (Fsp3) is 0.389. The Balaban J connectivity index is 1.59. The van der Waals surface area contributed by atoms with Crippen LogP contribution in [0.1, 0.15) is 31.1 Å². The van der Waals surface area contributed by atoms with Crippen molar-refractivity contribution in [1.29, 1.82) is 0 Å². The van der Waals surface area contributed by atoms with Crippen LogP contribution in [0.25, 0.3) is 11.0 Å². The van der Waals surface area contributed by atoms with Crippen LogP contribution in [0.4, 0.5) is 4.79 Å². The molecule has 2 N–H and O–H groups in total. The number of carbonyl (C=O) groups excluding carboxylic acids is 3. The molecule has 2 aromatic rings. The van der Waals surface area contributed by atoms with Crippen molar-refractivity contribution in [1.82, 2.24) is 15.5 Å². The number of benzene rings is 1. The molecule has 1 aliphatic heterocycles. The molecule has 0 radical (unpaired) electrons. The monoisotopic (exact) mass is 343 g/mol. The molecule has 1 atom stereocenters. The average Bonchev–Trinajstić information content (AvgIpc) is 3.05. The maximum absolute atomic E-state index is 12.1. The van der Waals surface area contributed by atoms with E-state index in [1.807, 2.05) is 38.1 Å². The van der Waals surface area contributed by atoms with Gasteiger partial charge in [0.05, 0.1) is 13.0 Å². The zero-order valence-corrected chi connectivity index (χ0v) is 14.3. The zero-order chi connectivity index (χ0) is 18.0. The van der Waals surface area contributed by atoms with E-state index in [0.717, 1.165) is 21.4 Å². The van der Waals surface area contributed by atoms with Gasteiger partial charge in [-0.2, -0.15) is 0 Å². The first-order valence-electron chi connectivity index (χ1n) is 8.36. The summed E-state index contributed by atoms with van der Waals surface area (Å²) in [6.45, 7) is 4.43. The number of nitrogens with one attached hydrogen (secondary N) is 2. The van der Waals surface area contributed by atoms with E-state index in [1.165, 1.54) is 0 Å². The Kier molecular flexibility index (Phi) is 4.74. The normalized spacial score (nSPS) is 17.2. The molecule has 0 aliphatic carbocycles. The highest BCUT2D eigenvalue weighted by atomic mass is 16.3. The smallest absolute Gasteiger partial charge is 0.324 e. The molecule has 1 unspecified atom stereocenters. The van der Waals surface area contributed by atoms with E-state index in [9.17, 15) is 14.4 Å². The first kappa shape index (κ1) is 17.0. The molecule has 4 amide bonds. The summed E-state index contributed by atoms with van der Waals surface area (Å²) in [5.41, 5.74) is 1.76. The molecule has 132 valence electrons. The van der Waals surface area contributed by atoms with E-state index >= 15 is 0 Å². The molecule has 3 rings (SSSR count). The lowest BCUT2D eigenvalue weighted by Crippen LogP contribution is -2.36. The molecule has 1 aliphatic rings. The summed E-state index contributed by atoms with van der Waals surface area (Å²) in [7, 11) is 0. The molecule has 1 fully saturated rings. The summed E-state index contributed by atoms with van der Waals surface area (Å²) in [5, 5.41) is 6.32. The van der Waals surface area contributed by atoms with Crippen molar-refractivity contribution >= 4 is 28.8 Å². The van der Waals surface area contributed by atoms with Gasteiger partial charge < -0.3 is 15.1 Å². The predicted octanol–water partition coefficient (Wildman–Crippen LogP) is 2.08. The number of para-hydroxylation sites is 1. The first-order chi connectivity index (χ1) is 12.0. The van der Waals surface area contributed by atoms with Crippen molar-refractivity contribution in [2.75, 3.05) is 6.54 Å². The minimum atomic E-state index is -0.796. The molecule has 25 heavy (non-hydrogen) atoms. The van der Waals surface area contributed by atoms with E-state index in [2.05, 4.69) is 10.6 Å². The number of aryl methyl sites for hydroxylation is 1. The standard InChI is InChI=1S/C18H21N3O4/c1-3-8-21-17(23)13(20-18(21)24)9-16(22)19-10-15-11(2)12-6-4-5-7-14(12)25-15/h4-7,13H,3,8-10H2,1-2H3,(H,19,22)(H,20,24). The molecular formula is C18H21N3O4. The van der Waals surface area contributed by atoms with Gasteiger partial charge in [-0.15, -0.1) is 0 Å². The summed E-state index contributed by atoms with van der Waals surface area (Å²) in [6.07, 6.45) is 0.605. The SMILES string of the molecule is CCCN1C(=O)NC(CC(=O)NCc2oc3ccccc3c2C)C1=O. The van der Waals surface area contributed by atoms with Crippen LogP contribution in [-0.2, 0) is 16.1 Å². The van der Waals surface area contributed by atoms with Crippen LogP contribution >= 0.6 is 0 Å². The number of rotatable bonds is 6. The number of fused-ring (bicyclic) bond motifs is 1. The Morgan fingerprint density at radius 3 is 2.80 bits per heavy atom. The van der Waals surface area contributed by atoms with E-state index in [-0.39, 0.29) is 24.8 Å². The molecule has 0 bridgehead atoms. The first-order valence-corrected chi connectivity index (χ1v) is 8.36. The number of carbonyl (C=O) groups is 3. The van der Waals surface area contributed by atoms with Gasteiger partial charge in [0.25, 0.3) is 5.91 Å². The second-order valence-electron chi connectivity index (χ2n) is 6.12. The van der Waals surface area contributed by atoms with Crippen molar-refractivity contribution in [3.63, 3.8) is 0 Å². The largest absolute Gasteiger partial charge is 0.459 e. The summed E-state index contributed by atoms with van der Waals surface area (Å²) in [6, 6.07) is 6.44. The Bertz CT molecular complexity index is 827. The number of amides is 4. The average molecular weight is 343 g/mol. The van der Waals surface area contributed by atoms with E-state index < -0.39 is 12.1 Å². The van der Waals surface area contributed by atoms with Gasteiger partial charge in [-0.25, -0.2) is 4.79 Å². The second kappa shape index (κ2) is 6.96. The Hall–Kier alpha value is -2.83. The van der Waals surface area contributed by atoms with Gasteiger partial charge in [-0.05, 0) is 19.4 Å². The zero-order valence-electron chi connectivity index (χ0n) is 14.3. The minimum Gasteiger partial charge on any atom is -0.459 e. The maximum Gasteiger partial charge on any atom is 0.324 e. The fourth-order valence-corrected chi connectivity index (χ4v) is 2.98. The Morgan fingerprint density at radius 1 is 1.32 bits per heavy atom. The lowest BCUT2D eigenvalue weighted by molar-refractivity contribution is -0.130. The van der Waals surface area contributed by atoms with Gasteiger partial charge >= 0.3 is 6.03 Å². The topological polar surface area (TPSA) is 91.7 Å². The van der Waals surface area contributed by atoms with Crippen molar-refractivity contribution in [2.24, 2.45) is 0 Å². The molecule has 0 saturated carbocycles. The van der Waals surface area contributed by atoms with Crippen LogP contribution in [0, 0.1) is 6.92 Å². The summed E-state index contributed by atoms with van der Waals surface area (Å²) < 4.78 is 5.75. The third-order valence-corrected chi connectivity index (χ3v) is 4.33. The van der Waals surface area contributed by atoms with Crippen LogP contribution in [0.5, 0.6) is 0 Å². The summed E-state index contributed by atoms with van der Waals surface area (Å²) in [4.78, 5) is 37.2. The number of hydrogen-bond donors (Lipinski definition) is 2. The Morgan fingerprint density at radius 2 is 2.08 bits per heavy atom. The summed E-state index contributed by atoms with van der Waals surface area (Å²) >= 11 is 0. The minimum absolute atomic E-state index is 0.0793. The molecule has 1 saturated heterocycles. The molecule has 2 heterocycles. The molecule has 7 nitrogen and oxygen atoms in total. The van der Waals surface area contributed by atoms with Crippen LogP contribution in [-0.4, -0.2) is 35.3 Å². The van der Waals surface area contributed by atoms with Crippen LogP contribution in [0.2, 0.25) is 0 Å². The van der Waals surface area contributed by atoms with Gasteiger partial charge in [0.15, 0.2) is 0 Å². The number of nitrogens with zero attached hydrogens (tertiary/aromatic N) is 1. The number of urea groups is 1. The lowest BCUT2D eigenvalue weighted by Gasteiger charge is -2.11. The quantitative estimate of drug-likeness (QED) is 0.786. The van der Waals surface area contributed by atoms with Gasteiger partial charge in [0.1, 0.15) is 17.4 Å². The molecular weight excluding hydrogens is 322 g/mol. The number of furan rings is 1. The van der Waals surface area contributed by atoms with Crippen molar-refractivity contribution in [2.45, 2.75) is 39.3 Å². The van der Waals surface area contributed by atoms with E-state index in [4.69, 9.17) is 4.42 Å². The van der Waals surface area contributed by atoms with Crippen molar-refractivity contribution in [3.8, 4) is 0 Å². The number of hydrogen-bond acceptors (Lipinski definition) is 4. The Labute approximate surface area is 145 Å². The van der Waals surface area contributed by atoms with Crippen LogP contribution < -0.4 is 10.6 Å². The third-order valence-electron chi connectivity index (χ3n) is 4.33. The van der Waals surface area contributed by atoms with E-state index in [1.54, 1.807) is 0 Å². The highest BCUT2D eigenvalue weighted by Crippen LogP contribution is 2.24. The number of imide groups is 1. The second-order valence-corrected chi connectivity index (χ2v) is 6.12. The van der Waals surface area contributed by atoms with Crippen LogP contribution in [0.3, 0.4) is 0 Å². The molecule has 7 heteroatoms. The lowest BCUT2D eigenvalue weighted by atomic mass is 10.1. The van der Waals surface area contributed by atoms with Crippen molar-refractivity contribution < 1.29 is 18.8 Å².